The summed E-state index contributed by atoms with van der Waals surface area (Å²) in [5.74, 6) is 0. The van der Waals surface area contributed by atoms with Gasteiger partial charge in [-0.15, -0.1) is 0 Å². The second-order valence-corrected chi connectivity index (χ2v) is 5.83. The number of nitrogens with zero attached hydrogens (tertiary/aromatic N) is 1. The number of hydrogen-bond acceptors (Lipinski definition) is 2. The summed E-state index contributed by atoms with van der Waals surface area (Å²) in [7, 11) is 0. The van der Waals surface area contributed by atoms with Crippen LogP contribution in [-0.4, -0.2) is 23.5 Å². The van der Waals surface area contributed by atoms with E-state index in [1.807, 2.05) is 0 Å². The third kappa shape index (κ3) is 2.70. The Morgan fingerprint density at radius 2 is 2.06 bits per heavy atom. The lowest BCUT2D eigenvalue weighted by Crippen LogP contribution is -2.42. The fourth-order valence-corrected chi connectivity index (χ4v) is 2.84. The first-order chi connectivity index (χ1) is 8.00. The second-order valence-electron chi connectivity index (χ2n) is 5.83. The molecular weight excluding hydrogens is 208 g/mol. The fraction of sp³-hybridized carbons (Fsp3) is 0.600. The molecule has 1 aliphatic rings. The molecule has 1 saturated heterocycles. The van der Waals surface area contributed by atoms with E-state index in [0.717, 1.165) is 6.54 Å². The highest BCUT2D eigenvalue weighted by Crippen LogP contribution is 2.30. The van der Waals surface area contributed by atoms with E-state index in [9.17, 15) is 0 Å². The zero-order valence-electron chi connectivity index (χ0n) is 11.2. The minimum atomic E-state index is 0.133. The van der Waals surface area contributed by atoms with Crippen molar-refractivity contribution >= 4 is 0 Å². The van der Waals surface area contributed by atoms with Gasteiger partial charge in [0.05, 0.1) is 0 Å². The van der Waals surface area contributed by atoms with Crippen molar-refractivity contribution in [1.29, 1.82) is 0 Å². The molecule has 0 saturated carbocycles. The van der Waals surface area contributed by atoms with Crippen LogP contribution in [0.3, 0.4) is 0 Å². The Hall–Kier alpha value is -0.860. The van der Waals surface area contributed by atoms with Gasteiger partial charge in [0.1, 0.15) is 0 Å². The van der Waals surface area contributed by atoms with Crippen molar-refractivity contribution in [3.8, 4) is 0 Å². The van der Waals surface area contributed by atoms with E-state index >= 15 is 0 Å². The van der Waals surface area contributed by atoms with Gasteiger partial charge in [-0.2, -0.15) is 0 Å². The Balaban J connectivity index is 2.07. The van der Waals surface area contributed by atoms with E-state index in [1.165, 1.54) is 30.5 Å². The summed E-state index contributed by atoms with van der Waals surface area (Å²) in [6.45, 7) is 8.95. The van der Waals surface area contributed by atoms with Gasteiger partial charge in [0.25, 0.3) is 0 Å². The molecule has 94 valence electrons. The molecule has 1 unspecified atom stereocenters. The van der Waals surface area contributed by atoms with Gasteiger partial charge >= 0.3 is 0 Å². The first kappa shape index (κ1) is 12.6. The molecule has 1 aromatic rings. The summed E-state index contributed by atoms with van der Waals surface area (Å²) < 4.78 is 0. The zero-order chi connectivity index (χ0) is 12.5. The average Bonchev–Trinajstić information content (AvgIpc) is 2.59. The van der Waals surface area contributed by atoms with Crippen LogP contribution < -0.4 is 5.73 Å². The number of nitrogens with two attached hydrogens (primary N) is 1. The number of hydrogen-bond donors (Lipinski definition) is 1. The molecule has 1 fully saturated rings. The van der Waals surface area contributed by atoms with Crippen molar-refractivity contribution in [2.45, 2.75) is 45.2 Å². The van der Waals surface area contributed by atoms with Crippen LogP contribution >= 0.6 is 0 Å². The molecule has 1 aromatic carbocycles. The minimum absolute atomic E-state index is 0.133. The number of aryl methyl sites for hydroxylation is 1. The summed E-state index contributed by atoms with van der Waals surface area (Å²) in [5, 5.41) is 0. The summed E-state index contributed by atoms with van der Waals surface area (Å²) in [5.41, 5.74) is 9.26. The largest absolute Gasteiger partial charge is 0.323 e. The predicted octanol–water partition coefficient (Wildman–Crippen LogP) is 2.87. The van der Waals surface area contributed by atoms with Gasteiger partial charge in [0, 0.05) is 18.1 Å². The summed E-state index contributed by atoms with van der Waals surface area (Å²) in [6.07, 6.45) is 2.58. The van der Waals surface area contributed by atoms with Crippen LogP contribution in [-0.2, 0) is 0 Å². The Kier molecular flexibility index (Phi) is 3.55. The monoisotopic (exact) mass is 232 g/mol. The molecule has 2 rings (SSSR count). The van der Waals surface area contributed by atoms with Crippen LogP contribution in [0, 0.1) is 6.92 Å². The molecule has 2 heteroatoms. The molecule has 0 radical (unpaired) electrons. The van der Waals surface area contributed by atoms with Crippen molar-refractivity contribution in [2.24, 2.45) is 5.73 Å². The summed E-state index contributed by atoms with van der Waals surface area (Å²) in [6, 6.07) is 8.59. The highest BCUT2D eigenvalue weighted by atomic mass is 15.2. The van der Waals surface area contributed by atoms with E-state index in [4.69, 9.17) is 5.73 Å². The quantitative estimate of drug-likeness (QED) is 0.868. The van der Waals surface area contributed by atoms with Gasteiger partial charge in [-0.1, -0.05) is 24.3 Å². The first-order valence-corrected chi connectivity index (χ1v) is 6.57. The third-order valence-electron chi connectivity index (χ3n) is 4.08. The van der Waals surface area contributed by atoms with Crippen molar-refractivity contribution < 1.29 is 0 Å². The predicted molar refractivity (Wildman–Crippen MR) is 73.0 cm³/mol. The number of likely N-dealkylation sites (tertiary alicyclic amines) is 1. The van der Waals surface area contributed by atoms with Crippen LogP contribution in [0.2, 0.25) is 0 Å². The van der Waals surface area contributed by atoms with E-state index in [-0.39, 0.29) is 6.04 Å². The van der Waals surface area contributed by atoms with Crippen molar-refractivity contribution in [3.63, 3.8) is 0 Å². The normalized spacial score (nSPS) is 21.6. The molecule has 17 heavy (non-hydrogen) atoms. The Labute approximate surface area is 105 Å². The minimum Gasteiger partial charge on any atom is -0.323 e. The van der Waals surface area contributed by atoms with E-state index in [1.54, 1.807) is 0 Å². The van der Waals surface area contributed by atoms with Crippen LogP contribution in [0.15, 0.2) is 24.3 Å². The molecule has 2 N–H and O–H groups in total. The number of rotatable bonds is 3. The molecule has 1 heterocycles. The van der Waals surface area contributed by atoms with Gasteiger partial charge in [0.2, 0.25) is 0 Å². The van der Waals surface area contributed by atoms with Crippen LogP contribution in [0.5, 0.6) is 0 Å². The molecule has 1 atom stereocenters. The molecule has 0 amide bonds. The standard InChI is InChI=1S/C15H24N2/c1-12-7-4-5-8-13(12)14(16)11-17-10-6-9-15(17,2)3/h4-5,7-8,14H,6,9-11,16H2,1-3H3. The Morgan fingerprint density at radius 3 is 2.65 bits per heavy atom. The van der Waals surface area contributed by atoms with Gasteiger partial charge in [0.15, 0.2) is 0 Å². The third-order valence-corrected chi connectivity index (χ3v) is 4.08. The van der Waals surface area contributed by atoms with Gasteiger partial charge in [-0.05, 0) is 51.3 Å². The molecule has 1 aliphatic heterocycles. The number of benzene rings is 1. The average molecular weight is 232 g/mol. The van der Waals surface area contributed by atoms with Gasteiger partial charge in [-0.25, -0.2) is 0 Å². The van der Waals surface area contributed by atoms with E-state index < -0.39 is 0 Å². The lowest BCUT2D eigenvalue weighted by atomic mass is 9.98. The lowest BCUT2D eigenvalue weighted by molar-refractivity contribution is 0.165. The van der Waals surface area contributed by atoms with Crippen molar-refractivity contribution in [1.82, 2.24) is 4.90 Å². The van der Waals surface area contributed by atoms with E-state index in [2.05, 4.69) is 49.9 Å². The van der Waals surface area contributed by atoms with Gasteiger partial charge < -0.3 is 5.73 Å². The molecular formula is C15H24N2. The summed E-state index contributed by atoms with van der Waals surface area (Å²) in [4.78, 5) is 2.53. The zero-order valence-corrected chi connectivity index (χ0v) is 11.2. The smallest absolute Gasteiger partial charge is 0.0427 e. The Bertz CT molecular complexity index is 384. The van der Waals surface area contributed by atoms with Gasteiger partial charge in [-0.3, -0.25) is 4.90 Å². The van der Waals surface area contributed by atoms with Crippen LogP contribution in [0.4, 0.5) is 0 Å². The fourth-order valence-electron chi connectivity index (χ4n) is 2.84. The topological polar surface area (TPSA) is 29.3 Å². The molecule has 0 aromatic heterocycles. The molecule has 2 nitrogen and oxygen atoms in total. The maximum atomic E-state index is 6.36. The maximum absolute atomic E-state index is 6.36. The molecule has 0 spiro atoms. The SMILES string of the molecule is Cc1ccccc1C(N)CN1CCCC1(C)C. The van der Waals surface area contributed by atoms with E-state index in [0.29, 0.717) is 5.54 Å². The highest BCUT2D eigenvalue weighted by Gasteiger charge is 2.32. The highest BCUT2D eigenvalue weighted by molar-refractivity contribution is 5.28. The lowest BCUT2D eigenvalue weighted by Gasteiger charge is -2.33. The Morgan fingerprint density at radius 1 is 1.35 bits per heavy atom. The first-order valence-electron chi connectivity index (χ1n) is 6.57. The van der Waals surface area contributed by atoms with Crippen molar-refractivity contribution in [3.05, 3.63) is 35.4 Å². The molecule has 0 bridgehead atoms. The maximum Gasteiger partial charge on any atom is 0.0427 e. The van der Waals surface area contributed by atoms with Crippen molar-refractivity contribution in [2.75, 3.05) is 13.1 Å². The summed E-state index contributed by atoms with van der Waals surface area (Å²) >= 11 is 0. The second kappa shape index (κ2) is 4.79. The van der Waals surface area contributed by atoms with Crippen LogP contribution in [0.1, 0.15) is 43.9 Å². The molecule has 0 aliphatic carbocycles. The van der Waals surface area contributed by atoms with Crippen LogP contribution in [0.25, 0.3) is 0 Å².